The number of hydrogen-bond acceptors (Lipinski definition) is 5. The number of aryl methyl sites for hydroxylation is 1. The van der Waals surface area contributed by atoms with Crippen molar-refractivity contribution in [3.05, 3.63) is 88.2 Å². The van der Waals surface area contributed by atoms with Crippen molar-refractivity contribution >= 4 is 46.0 Å². The zero-order valence-electron chi connectivity index (χ0n) is 16.7. The molecule has 5 rings (SSSR count). The summed E-state index contributed by atoms with van der Waals surface area (Å²) in [6, 6.07) is 17.6. The monoisotopic (exact) mass is 463 g/mol. The Morgan fingerprint density at radius 2 is 1.88 bits per heavy atom. The molecular weight excluding hydrogens is 449 g/mol. The molecule has 3 heterocycles. The van der Waals surface area contributed by atoms with E-state index in [1.807, 2.05) is 19.1 Å². The normalized spacial score (nSPS) is 11.1. The minimum Gasteiger partial charge on any atom is -0.451 e. The maximum Gasteiger partial charge on any atom is 0.291 e. The molecule has 5 aromatic rings. The molecule has 2 aromatic carbocycles. The SMILES string of the molecule is Cc1ccc(-c2nc3ncccc3o2)cc1NC(=O)c1ccc(-c2cccc(Cl)c2Cl)o1. The highest BCUT2D eigenvalue weighted by molar-refractivity contribution is 6.43. The van der Waals surface area contributed by atoms with Crippen molar-refractivity contribution in [1.29, 1.82) is 0 Å². The first-order valence-corrected chi connectivity index (χ1v) is 10.4. The molecule has 0 aliphatic heterocycles. The highest BCUT2D eigenvalue weighted by atomic mass is 35.5. The number of amides is 1. The van der Waals surface area contributed by atoms with E-state index in [1.54, 1.807) is 54.7 Å². The van der Waals surface area contributed by atoms with Gasteiger partial charge in [-0.25, -0.2) is 4.98 Å². The van der Waals surface area contributed by atoms with Crippen LogP contribution in [0, 0.1) is 6.92 Å². The predicted molar refractivity (Wildman–Crippen MR) is 124 cm³/mol. The van der Waals surface area contributed by atoms with E-state index in [9.17, 15) is 4.79 Å². The molecule has 0 atom stereocenters. The van der Waals surface area contributed by atoms with Crippen LogP contribution in [0.25, 0.3) is 34.0 Å². The van der Waals surface area contributed by atoms with Crippen LogP contribution in [0.4, 0.5) is 5.69 Å². The van der Waals surface area contributed by atoms with Gasteiger partial charge in [0.1, 0.15) is 5.76 Å². The summed E-state index contributed by atoms with van der Waals surface area (Å²) in [5.74, 6) is 0.623. The second-order valence-electron chi connectivity index (χ2n) is 7.09. The number of anilines is 1. The number of hydrogen-bond donors (Lipinski definition) is 1. The maximum atomic E-state index is 12.8. The van der Waals surface area contributed by atoms with Gasteiger partial charge in [-0.05, 0) is 61.0 Å². The van der Waals surface area contributed by atoms with Crippen LogP contribution < -0.4 is 5.32 Å². The molecule has 0 aliphatic rings. The van der Waals surface area contributed by atoms with Crippen molar-refractivity contribution in [3.63, 3.8) is 0 Å². The number of benzene rings is 2. The van der Waals surface area contributed by atoms with Gasteiger partial charge in [0.25, 0.3) is 5.91 Å². The first-order valence-electron chi connectivity index (χ1n) is 9.68. The molecule has 8 heteroatoms. The summed E-state index contributed by atoms with van der Waals surface area (Å²) in [4.78, 5) is 21.4. The topological polar surface area (TPSA) is 81.2 Å². The van der Waals surface area contributed by atoms with Crippen LogP contribution in [0.2, 0.25) is 10.0 Å². The van der Waals surface area contributed by atoms with Gasteiger partial charge in [0.2, 0.25) is 5.89 Å². The summed E-state index contributed by atoms with van der Waals surface area (Å²) in [5, 5.41) is 3.66. The van der Waals surface area contributed by atoms with Crippen molar-refractivity contribution in [3.8, 4) is 22.8 Å². The van der Waals surface area contributed by atoms with E-state index in [2.05, 4.69) is 15.3 Å². The molecule has 1 N–H and O–H groups in total. The Morgan fingerprint density at radius 3 is 2.72 bits per heavy atom. The number of aromatic nitrogens is 2. The van der Waals surface area contributed by atoms with E-state index in [0.717, 1.165) is 11.1 Å². The van der Waals surface area contributed by atoms with Crippen molar-refractivity contribution in [2.45, 2.75) is 6.92 Å². The second-order valence-corrected chi connectivity index (χ2v) is 7.88. The summed E-state index contributed by atoms with van der Waals surface area (Å²) in [7, 11) is 0. The Hall–Kier alpha value is -3.61. The third kappa shape index (κ3) is 3.75. The molecule has 3 aromatic heterocycles. The van der Waals surface area contributed by atoms with E-state index in [0.29, 0.717) is 44.2 Å². The van der Waals surface area contributed by atoms with Crippen LogP contribution in [0.3, 0.4) is 0 Å². The summed E-state index contributed by atoms with van der Waals surface area (Å²) in [6.45, 7) is 1.90. The lowest BCUT2D eigenvalue weighted by molar-refractivity contribution is 0.0997. The van der Waals surface area contributed by atoms with Gasteiger partial charge in [-0.1, -0.05) is 35.3 Å². The number of pyridine rings is 1. The van der Waals surface area contributed by atoms with E-state index < -0.39 is 5.91 Å². The summed E-state index contributed by atoms with van der Waals surface area (Å²) >= 11 is 12.3. The van der Waals surface area contributed by atoms with Crippen LogP contribution in [0.1, 0.15) is 16.1 Å². The molecule has 0 spiro atoms. The lowest BCUT2D eigenvalue weighted by Gasteiger charge is -2.08. The number of carbonyl (C=O) groups is 1. The smallest absolute Gasteiger partial charge is 0.291 e. The highest BCUT2D eigenvalue weighted by Crippen LogP contribution is 2.34. The Bertz CT molecular complexity index is 1440. The average molecular weight is 464 g/mol. The van der Waals surface area contributed by atoms with Crippen molar-refractivity contribution in [2.24, 2.45) is 0 Å². The van der Waals surface area contributed by atoms with E-state index in [-0.39, 0.29) is 5.76 Å². The van der Waals surface area contributed by atoms with Gasteiger partial charge in [-0.3, -0.25) is 4.79 Å². The van der Waals surface area contributed by atoms with Gasteiger partial charge in [-0.15, -0.1) is 0 Å². The standard InChI is InChI=1S/C24H15Cl2N3O3/c1-13-7-8-14(24-29-22-19(32-24)6-3-11-27-22)12-17(13)28-23(30)20-10-9-18(31-20)15-4-2-5-16(25)21(15)26/h2-12H,1H3,(H,28,30). The van der Waals surface area contributed by atoms with Crippen LogP contribution in [-0.4, -0.2) is 15.9 Å². The van der Waals surface area contributed by atoms with E-state index in [1.165, 1.54) is 0 Å². The predicted octanol–water partition coefficient (Wildman–Crippen LogP) is 7.02. The summed E-state index contributed by atoms with van der Waals surface area (Å²) in [5.41, 5.74) is 3.94. The Labute approximate surface area is 192 Å². The number of halogens is 2. The van der Waals surface area contributed by atoms with E-state index >= 15 is 0 Å². The van der Waals surface area contributed by atoms with Crippen molar-refractivity contribution < 1.29 is 13.6 Å². The molecule has 0 bridgehead atoms. The van der Waals surface area contributed by atoms with Gasteiger partial charge < -0.3 is 14.2 Å². The number of fused-ring (bicyclic) bond motifs is 1. The molecule has 0 saturated heterocycles. The molecule has 0 fully saturated rings. The Balaban J connectivity index is 1.42. The lowest BCUT2D eigenvalue weighted by Crippen LogP contribution is -2.11. The summed E-state index contributed by atoms with van der Waals surface area (Å²) in [6.07, 6.45) is 1.66. The third-order valence-corrected chi connectivity index (χ3v) is 5.76. The van der Waals surface area contributed by atoms with Gasteiger partial charge in [0, 0.05) is 23.0 Å². The van der Waals surface area contributed by atoms with Gasteiger partial charge in [0.05, 0.1) is 10.0 Å². The number of furan rings is 1. The molecule has 0 radical (unpaired) electrons. The molecule has 158 valence electrons. The first kappa shape index (κ1) is 20.3. The third-order valence-electron chi connectivity index (χ3n) is 4.94. The molecule has 0 aliphatic carbocycles. The first-order chi connectivity index (χ1) is 15.5. The molecule has 0 unspecified atom stereocenters. The quantitative estimate of drug-likeness (QED) is 0.309. The fourth-order valence-electron chi connectivity index (χ4n) is 3.26. The zero-order valence-corrected chi connectivity index (χ0v) is 18.2. The molecule has 6 nitrogen and oxygen atoms in total. The molecule has 0 saturated carbocycles. The Morgan fingerprint density at radius 1 is 1.00 bits per heavy atom. The van der Waals surface area contributed by atoms with Crippen LogP contribution >= 0.6 is 23.2 Å². The number of nitrogens with one attached hydrogen (secondary N) is 1. The number of carbonyl (C=O) groups excluding carboxylic acids is 1. The zero-order chi connectivity index (χ0) is 22.2. The minimum absolute atomic E-state index is 0.145. The Kier molecular flexibility index (Phi) is 5.17. The highest BCUT2D eigenvalue weighted by Gasteiger charge is 2.17. The number of nitrogens with zero attached hydrogens (tertiary/aromatic N) is 2. The maximum absolute atomic E-state index is 12.8. The number of oxazole rings is 1. The van der Waals surface area contributed by atoms with Crippen LogP contribution in [-0.2, 0) is 0 Å². The van der Waals surface area contributed by atoms with Gasteiger partial charge in [0.15, 0.2) is 17.0 Å². The van der Waals surface area contributed by atoms with E-state index in [4.69, 9.17) is 32.0 Å². The fraction of sp³-hybridized carbons (Fsp3) is 0.0417. The second kappa shape index (κ2) is 8.15. The van der Waals surface area contributed by atoms with Crippen molar-refractivity contribution in [1.82, 2.24) is 9.97 Å². The minimum atomic E-state index is -0.395. The lowest BCUT2D eigenvalue weighted by atomic mass is 10.1. The van der Waals surface area contributed by atoms with Crippen LogP contribution in [0.5, 0.6) is 0 Å². The van der Waals surface area contributed by atoms with Gasteiger partial charge >= 0.3 is 0 Å². The van der Waals surface area contributed by atoms with Crippen LogP contribution in [0.15, 0.2) is 75.7 Å². The largest absolute Gasteiger partial charge is 0.451 e. The van der Waals surface area contributed by atoms with Gasteiger partial charge in [-0.2, -0.15) is 4.98 Å². The molecule has 1 amide bonds. The molecular formula is C24H15Cl2N3O3. The summed E-state index contributed by atoms with van der Waals surface area (Å²) < 4.78 is 11.5. The average Bonchev–Trinajstić information content (AvgIpc) is 3.44. The molecule has 32 heavy (non-hydrogen) atoms. The fourth-order valence-corrected chi connectivity index (χ4v) is 3.66. The van der Waals surface area contributed by atoms with Crippen molar-refractivity contribution in [2.75, 3.05) is 5.32 Å². The number of rotatable bonds is 4.